The Hall–Kier alpha value is -0.413. The molecule has 0 aliphatic heterocycles. The van der Waals surface area contributed by atoms with Crippen LogP contribution in [0.2, 0.25) is 18.1 Å². The molecule has 0 aromatic rings. The zero-order chi connectivity index (χ0) is 16.1. The Kier molecular flexibility index (Phi) is 4.08. The van der Waals surface area contributed by atoms with Crippen molar-refractivity contribution in [3.05, 3.63) is 12.2 Å². The number of hydrogen-bond donors (Lipinski definition) is 0. The number of aldehydes is 1. The molecule has 3 aliphatic carbocycles. The summed E-state index contributed by atoms with van der Waals surface area (Å²) in [5.41, 5.74) is 0.0455. The first-order valence-corrected chi connectivity index (χ1v) is 11.2. The summed E-state index contributed by atoms with van der Waals surface area (Å²) in [6, 6.07) is 0. The second-order valence-electron chi connectivity index (χ2n) is 9.20. The largest absolute Gasteiger partial charge is 0.413 e. The lowest BCUT2D eigenvalue weighted by atomic mass is 9.65. The molecule has 0 aromatic carbocycles. The summed E-state index contributed by atoms with van der Waals surface area (Å²) in [6.07, 6.45) is 9.13. The highest BCUT2D eigenvalue weighted by atomic mass is 28.4. The SMILES string of the molecule is CC(C)(C)[Si](C)(C)O[C@H]1CC[C@]2(C)C=C[C@@]1(C)C[C@H]2C=O. The average Bonchev–Trinajstić information content (AvgIpc) is 2.53. The van der Waals surface area contributed by atoms with Gasteiger partial charge in [0.25, 0.3) is 0 Å². The topological polar surface area (TPSA) is 26.3 Å². The molecule has 3 aliphatic rings. The van der Waals surface area contributed by atoms with Crippen molar-refractivity contribution in [2.24, 2.45) is 16.7 Å². The number of carbonyl (C=O) groups is 1. The van der Waals surface area contributed by atoms with Gasteiger partial charge in [0.15, 0.2) is 8.32 Å². The van der Waals surface area contributed by atoms with E-state index in [2.05, 4.69) is 59.9 Å². The van der Waals surface area contributed by atoms with Crippen LogP contribution in [-0.4, -0.2) is 20.7 Å². The minimum Gasteiger partial charge on any atom is -0.413 e. The van der Waals surface area contributed by atoms with Crippen LogP contribution in [0, 0.1) is 16.7 Å². The Morgan fingerprint density at radius 1 is 1.19 bits per heavy atom. The van der Waals surface area contributed by atoms with Crippen molar-refractivity contribution in [1.82, 2.24) is 0 Å². The smallest absolute Gasteiger partial charge is 0.192 e. The van der Waals surface area contributed by atoms with Gasteiger partial charge in [0.2, 0.25) is 0 Å². The normalized spacial score (nSPS) is 40.1. The molecule has 0 unspecified atom stereocenters. The fourth-order valence-electron chi connectivity index (χ4n) is 3.49. The summed E-state index contributed by atoms with van der Waals surface area (Å²) in [5.74, 6) is 0.139. The number of fused-ring (bicyclic) bond motifs is 3. The highest BCUT2D eigenvalue weighted by molar-refractivity contribution is 6.74. The Morgan fingerprint density at radius 2 is 1.76 bits per heavy atom. The third-order valence-electron chi connectivity index (χ3n) is 6.44. The lowest BCUT2D eigenvalue weighted by molar-refractivity contribution is -0.115. The van der Waals surface area contributed by atoms with Gasteiger partial charge in [-0.2, -0.15) is 0 Å². The van der Waals surface area contributed by atoms with E-state index in [0.717, 1.165) is 19.3 Å². The maximum absolute atomic E-state index is 11.5. The molecular weight excluding hydrogens is 276 g/mol. The second-order valence-corrected chi connectivity index (χ2v) is 14.0. The molecule has 1 fully saturated rings. The van der Waals surface area contributed by atoms with Crippen LogP contribution in [0.3, 0.4) is 0 Å². The van der Waals surface area contributed by atoms with Crippen LogP contribution in [0.15, 0.2) is 12.2 Å². The summed E-state index contributed by atoms with van der Waals surface area (Å²) >= 11 is 0. The van der Waals surface area contributed by atoms with Crippen molar-refractivity contribution in [3.63, 3.8) is 0 Å². The minimum absolute atomic E-state index is 0.0110. The third kappa shape index (κ3) is 2.92. The molecule has 21 heavy (non-hydrogen) atoms. The van der Waals surface area contributed by atoms with Gasteiger partial charge in [-0.3, -0.25) is 0 Å². The van der Waals surface area contributed by atoms with E-state index in [9.17, 15) is 4.79 Å². The van der Waals surface area contributed by atoms with Crippen LogP contribution in [0.25, 0.3) is 0 Å². The number of hydrogen-bond acceptors (Lipinski definition) is 2. The molecule has 0 heterocycles. The van der Waals surface area contributed by atoms with Crippen LogP contribution < -0.4 is 0 Å². The molecule has 0 radical (unpaired) electrons. The van der Waals surface area contributed by atoms with E-state index >= 15 is 0 Å². The van der Waals surface area contributed by atoms with Gasteiger partial charge in [-0.05, 0) is 42.8 Å². The monoisotopic (exact) mass is 308 g/mol. The molecule has 2 nitrogen and oxygen atoms in total. The molecule has 0 spiro atoms. The van der Waals surface area contributed by atoms with Gasteiger partial charge < -0.3 is 9.22 Å². The van der Waals surface area contributed by atoms with Gasteiger partial charge in [0.1, 0.15) is 6.29 Å². The van der Waals surface area contributed by atoms with Gasteiger partial charge >= 0.3 is 0 Å². The lowest BCUT2D eigenvalue weighted by Gasteiger charge is -2.45. The maximum Gasteiger partial charge on any atom is 0.192 e. The van der Waals surface area contributed by atoms with E-state index in [1.807, 2.05) is 0 Å². The summed E-state index contributed by atoms with van der Waals surface area (Å²) < 4.78 is 6.77. The summed E-state index contributed by atoms with van der Waals surface area (Å²) in [6.45, 7) is 16.1. The van der Waals surface area contributed by atoms with Crippen LogP contribution >= 0.6 is 0 Å². The first kappa shape index (κ1) is 16.9. The number of allylic oxidation sites excluding steroid dienone is 1. The van der Waals surface area contributed by atoms with Crippen LogP contribution in [0.4, 0.5) is 0 Å². The maximum atomic E-state index is 11.5. The Bertz CT molecular complexity index is 449. The van der Waals surface area contributed by atoms with E-state index in [1.54, 1.807) is 0 Å². The van der Waals surface area contributed by atoms with Crippen molar-refractivity contribution >= 4 is 14.6 Å². The Morgan fingerprint density at radius 3 is 2.29 bits per heavy atom. The van der Waals surface area contributed by atoms with E-state index < -0.39 is 8.32 Å². The van der Waals surface area contributed by atoms with Gasteiger partial charge in [-0.15, -0.1) is 0 Å². The first-order valence-electron chi connectivity index (χ1n) is 8.27. The van der Waals surface area contributed by atoms with Gasteiger partial charge in [-0.1, -0.05) is 46.8 Å². The minimum atomic E-state index is -1.78. The zero-order valence-corrected chi connectivity index (χ0v) is 15.8. The number of rotatable bonds is 3. The number of carbonyl (C=O) groups excluding carboxylic acids is 1. The van der Waals surface area contributed by atoms with Crippen molar-refractivity contribution in [3.8, 4) is 0 Å². The van der Waals surface area contributed by atoms with Crippen LogP contribution in [-0.2, 0) is 9.22 Å². The van der Waals surface area contributed by atoms with Crippen LogP contribution in [0.5, 0.6) is 0 Å². The van der Waals surface area contributed by atoms with E-state index in [4.69, 9.17) is 4.43 Å². The van der Waals surface area contributed by atoms with Crippen molar-refractivity contribution < 1.29 is 9.22 Å². The van der Waals surface area contributed by atoms with Gasteiger partial charge in [0, 0.05) is 11.3 Å². The molecule has 1 saturated carbocycles. The van der Waals surface area contributed by atoms with E-state index in [0.29, 0.717) is 0 Å². The fourth-order valence-corrected chi connectivity index (χ4v) is 4.94. The Labute approximate surface area is 131 Å². The molecule has 3 rings (SSSR count). The first-order chi connectivity index (χ1) is 9.44. The highest BCUT2D eigenvalue weighted by Crippen LogP contribution is 2.54. The molecular formula is C18H32O2Si. The van der Waals surface area contributed by atoms with E-state index in [1.165, 1.54) is 6.29 Å². The molecule has 4 atom stereocenters. The van der Waals surface area contributed by atoms with Crippen molar-refractivity contribution in [2.45, 2.75) is 78.1 Å². The van der Waals surface area contributed by atoms with Crippen molar-refractivity contribution in [2.75, 3.05) is 0 Å². The molecule has 0 amide bonds. The van der Waals surface area contributed by atoms with E-state index in [-0.39, 0.29) is 27.9 Å². The zero-order valence-electron chi connectivity index (χ0n) is 14.8. The predicted molar refractivity (Wildman–Crippen MR) is 90.8 cm³/mol. The lowest BCUT2D eigenvalue weighted by Crippen LogP contribution is -2.48. The molecule has 0 N–H and O–H groups in total. The highest BCUT2D eigenvalue weighted by Gasteiger charge is 2.51. The van der Waals surface area contributed by atoms with Gasteiger partial charge in [0.05, 0.1) is 6.10 Å². The fraction of sp³-hybridized carbons (Fsp3) is 0.833. The van der Waals surface area contributed by atoms with Gasteiger partial charge in [-0.25, -0.2) is 0 Å². The predicted octanol–water partition coefficient (Wildman–Crippen LogP) is 4.96. The summed E-state index contributed by atoms with van der Waals surface area (Å²) in [7, 11) is -1.78. The average molecular weight is 309 g/mol. The molecule has 120 valence electrons. The van der Waals surface area contributed by atoms with Crippen molar-refractivity contribution in [1.29, 1.82) is 0 Å². The Balaban J connectivity index is 2.28. The standard InChI is InChI=1S/C18H32O2Si/c1-16(2,3)21(6,7)20-15-8-9-17(4)10-11-18(15,5)12-14(17)13-19/h10-11,13-15H,8-9,12H2,1-7H3/t14-,15-,17+,18-/m0/s1. The second kappa shape index (κ2) is 5.06. The molecule has 0 aromatic heterocycles. The molecule has 0 saturated heterocycles. The molecule has 3 heteroatoms. The summed E-state index contributed by atoms with van der Waals surface area (Å²) in [5, 5.41) is 0.228. The van der Waals surface area contributed by atoms with Crippen LogP contribution in [0.1, 0.15) is 53.9 Å². The third-order valence-corrected chi connectivity index (χ3v) is 10.9. The summed E-state index contributed by atoms with van der Waals surface area (Å²) in [4.78, 5) is 11.5. The molecule has 2 bridgehead atoms. The quantitative estimate of drug-likeness (QED) is 0.418.